The average Bonchev–Trinajstić information content (AvgIpc) is 3.38. The van der Waals surface area contributed by atoms with Crippen molar-refractivity contribution in [3.05, 3.63) is 30.6 Å². The summed E-state index contributed by atoms with van der Waals surface area (Å²) in [5.74, 6) is 1.72. The van der Waals surface area contributed by atoms with E-state index in [1.54, 1.807) is 35.8 Å². The van der Waals surface area contributed by atoms with Crippen LogP contribution in [0.5, 0.6) is 0 Å². The SMILES string of the molecule is CC(=O)N1C[C@@H]2CN(S(=O)(=O)c3ccc(NCC4CCCCS4)c4cnccc34)C[C@@H]2C1. The molecule has 0 spiro atoms. The van der Waals surface area contributed by atoms with Gasteiger partial charge < -0.3 is 10.2 Å². The number of aromatic nitrogens is 1. The third kappa shape index (κ3) is 4.10. The molecule has 3 saturated heterocycles. The lowest BCUT2D eigenvalue weighted by molar-refractivity contribution is -0.128. The molecule has 32 heavy (non-hydrogen) atoms. The van der Waals surface area contributed by atoms with Crippen molar-refractivity contribution in [1.29, 1.82) is 0 Å². The van der Waals surface area contributed by atoms with E-state index in [0.717, 1.165) is 17.6 Å². The van der Waals surface area contributed by atoms with Crippen LogP contribution in [-0.4, -0.2) is 72.2 Å². The standard InChI is InChI=1S/C23H30N4O3S2/c1-16(28)26-12-17-14-27(15-18(17)13-26)32(29,30)23-6-5-22(21-11-24-8-7-20(21)23)25-10-19-4-2-3-9-31-19/h5-8,11,17-19,25H,2-4,9-10,12-15H2,1H3/t17-,18+,19?. The monoisotopic (exact) mass is 474 g/mol. The Morgan fingerprint density at radius 3 is 2.59 bits per heavy atom. The van der Waals surface area contributed by atoms with Gasteiger partial charge in [-0.25, -0.2) is 8.42 Å². The van der Waals surface area contributed by atoms with E-state index in [-0.39, 0.29) is 17.7 Å². The molecule has 1 unspecified atom stereocenters. The van der Waals surface area contributed by atoms with Crippen LogP contribution in [0.4, 0.5) is 5.69 Å². The minimum absolute atomic E-state index is 0.0713. The van der Waals surface area contributed by atoms with Crippen LogP contribution in [0.3, 0.4) is 0 Å². The minimum atomic E-state index is -3.63. The molecule has 3 fully saturated rings. The van der Waals surface area contributed by atoms with E-state index in [1.165, 1.54) is 25.0 Å². The van der Waals surface area contributed by atoms with Crippen LogP contribution in [0.1, 0.15) is 26.2 Å². The summed E-state index contributed by atoms with van der Waals surface area (Å²) in [6.07, 6.45) is 7.21. The number of rotatable bonds is 5. The van der Waals surface area contributed by atoms with Gasteiger partial charge in [-0.05, 0) is 48.6 Å². The predicted octanol–water partition coefficient (Wildman–Crippen LogP) is 3.03. The molecule has 0 bridgehead atoms. The van der Waals surface area contributed by atoms with E-state index in [2.05, 4.69) is 10.3 Å². The molecule has 0 saturated carbocycles. The van der Waals surface area contributed by atoms with Gasteiger partial charge in [-0.1, -0.05) is 6.42 Å². The first-order valence-corrected chi connectivity index (χ1v) is 13.9. The first kappa shape index (κ1) is 22.0. The maximum Gasteiger partial charge on any atom is 0.243 e. The Morgan fingerprint density at radius 1 is 1.12 bits per heavy atom. The fraction of sp³-hybridized carbons (Fsp3) is 0.565. The van der Waals surface area contributed by atoms with Crippen molar-refractivity contribution in [1.82, 2.24) is 14.2 Å². The van der Waals surface area contributed by atoms with E-state index in [0.29, 0.717) is 41.7 Å². The molecule has 1 aromatic carbocycles. The van der Waals surface area contributed by atoms with Gasteiger partial charge >= 0.3 is 0 Å². The zero-order valence-electron chi connectivity index (χ0n) is 18.4. The number of anilines is 1. The van der Waals surface area contributed by atoms with E-state index < -0.39 is 10.0 Å². The Morgan fingerprint density at radius 2 is 1.91 bits per heavy atom. The second-order valence-corrected chi connectivity index (χ2v) is 12.5. The zero-order chi connectivity index (χ0) is 22.3. The zero-order valence-corrected chi connectivity index (χ0v) is 20.0. The van der Waals surface area contributed by atoms with Crippen LogP contribution in [0.15, 0.2) is 35.5 Å². The van der Waals surface area contributed by atoms with Crippen molar-refractivity contribution in [2.24, 2.45) is 11.8 Å². The van der Waals surface area contributed by atoms with E-state index in [9.17, 15) is 13.2 Å². The molecule has 3 atom stereocenters. The molecule has 7 nitrogen and oxygen atoms in total. The maximum atomic E-state index is 13.6. The summed E-state index contributed by atoms with van der Waals surface area (Å²) >= 11 is 2.02. The van der Waals surface area contributed by atoms with Gasteiger partial charge in [0.15, 0.2) is 0 Å². The van der Waals surface area contributed by atoms with Crippen molar-refractivity contribution >= 4 is 44.2 Å². The molecule has 2 aromatic rings. The number of hydrogen-bond acceptors (Lipinski definition) is 6. The predicted molar refractivity (Wildman–Crippen MR) is 128 cm³/mol. The van der Waals surface area contributed by atoms with Crippen LogP contribution in [0.2, 0.25) is 0 Å². The van der Waals surface area contributed by atoms with E-state index in [1.807, 2.05) is 22.7 Å². The molecule has 1 amide bonds. The molecular weight excluding hydrogens is 444 g/mol. The number of fused-ring (bicyclic) bond motifs is 2. The van der Waals surface area contributed by atoms with Crippen molar-refractivity contribution in [3.8, 4) is 0 Å². The maximum absolute atomic E-state index is 13.6. The van der Waals surface area contributed by atoms with Crippen molar-refractivity contribution < 1.29 is 13.2 Å². The number of thioether (sulfide) groups is 1. The number of amides is 1. The summed E-state index contributed by atoms with van der Waals surface area (Å²) < 4.78 is 28.8. The Bertz CT molecular complexity index is 1100. The number of hydrogen-bond donors (Lipinski definition) is 1. The Balaban J connectivity index is 1.38. The first-order chi connectivity index (χ1) is 15.4. The van der Waals surface area contributed by atoms with E-state index in [4.69, 9.17) is 0 Å². The summed E-state index contributed by atoms with van der Waals surface area (Å²) in [6.45, 7) is 4.71. The van der Waals surface area contributed by atoms with Crippen LogP contribution < -0.4 is 5.32 Å². The van der Waals surface area contributed by atoms with Gasteiger partial charge in [0, 0.05) is 73.8 Å². The fourth-order valence-electron chi connectivity index (χ4n) is 5.28. The Labute approximate surface area is 194 Å². The number of nitrogens with one attached hydrogen (secondary N) is 1. The molecule has 4 heterocycles. The number of likely N-dealkylation sites (tertiary alicyclic amines) is 1. The third-order valence-electron chi connectivity index (χ3n) is 7.09. The highest BCUT2D eigenvalue weighted by Gasteiger charge is 2.45. The summed E-state index contributed by atoms with van der Waals surface area (Å²) in [7, 11) is -3.63. The van der Waals surface area contributed by atoms with Gasteiger partial charge in [-0.15, -0.1) is 0 Å². The lowest BCUT2D eigenvalue weighted by Gasteiger charge is -2.23. The highest BCUT2D eigenvalue weighted by Crippen LogP contribution is 2.37. The number of nitrogens with zero attached hydrogens (tertiary/aromatic N) is 3. The highest BCUT2D eigenvalue weighted by atomic mass is 32.2. The van der Waals surface area contributed by atoms with Crippen LogP contribution in [-0.2, 0) is 14.8 Å². The lowest BCUT2D eigenvalue weighted by Crippen LogP contribution is -2.34. The van der Waals surface area contributed by atoms with Gasteiger partial charge in [0.25, 0.3) is 0 Å². The van der Waals surface area contributed by atoms with Gasteiger partial charge in [0.1, 0.15) is 0 Å². The number of benzene rings is 1. The molecule has 5 rings (SSSR count). The third-order valence-corrected chi connectivity index (χ3v) is 10.4. The topological polar surface area (TPSA) is 82.6 Å². The van der Waals surface area contributed by atoms with Crippen LogP contribution in [0, 0.1) is 11.8 Å². The molecule has 0 aliphatic carbocycles. The van der Waals surface area contributed by atoms with Gasteiger partial charge in [0.05, 0.1) is 4.90 Å². The number of carbonyl (C=O) groups is 1. The summed E-state index contributed by atoms with van der Waals surface area (Å²) in [4.78, 5) is 18.1. The molecule has 9 heteroatoms. The Hall–Kier alpha value is -1.84. The van der Waals surface area contributed by atoms with Gasteiger partial charge in [-0.2, -0.15) is 16.1 Å². The highest BCUT2D eigenvalue weighted by molar-refractivity contribution is 8.00. The second-order valence-electron chi connectivity index (χ2n) is 9.17. The quantitative estimate of drug-likeness (QED) is 0.717. The fourth-order valence-corrected chi connectivity index (χ4v) is 8.26. The Kier molecular flexibility index (Phi) is 6.07. The molecule has 3 aliphatic heterocycles. The van der Waals surface area contributed by atoms with Crippen molar-refractivity contribution in [3.63, 3.8) is 0 Å². The minimum Gasteiger partial charge on any atom is -0.383 e. The lowest BCUT2D eigenvalue weighted by atomic mass is 10.0. The van der Waals surface area contributed by atoms with Crippen molar-refractivity contribution in [2.45, 2.75) is 36.3 Å². The van der Waals surface area contributed by atoms with Gasteiger partial charge in [0.2, 0.25) is 15.9 Å². The van der Waals surface area contributed by atoms with Crippen molar-refractivity contribution in [2.75, 3.05) is 43.8 Å². The van der Waals surface area contributed by atoms with Crippen LogP contribution in [0.25, 0.3) is 10.8 Å². The number of carbonyl (C=O) groups excluding carboxylic acids is 1. The molecule has 1 N–H and O–H groups in total. The number of pyridine rings is 1. The molecule has 1 aromatic heterocycles. The summed E-state index contributed by atoms with van der Waals surface area (Å²) in [6, 6.07) is 5.43. The summed E-state index contributed by atoms with van der Waals surface area (Å²) in [5, 5.41) is 5.70. The average molecular weight is 475 g/mol. The molecule has 3 aliphatic rings. The van der Waals surface area contributed by atoms with Gasteiger partial charge in [-0.3, -0.25) is 9.78 Å². The molecule has 0 radical (unpaired) electrons. The molecule has 172 valence electrons. The largest absolute Gasteiger partial charge is 0.383 e. The van der Waals surface area contributed by atoms with E-state index >= 15 is 0 Å². The van der Waals surface area contributed by atoms with Crippen LogP contribution >= 0.6 is 11.8 Å². The number of sulfonamides is 1. The first-order valence-electron chi connectivity index (χ1n) is 11.4. The molecular formula is C23H30N4O3S2. The second kappa shape index (κ2) is 8.83. The smallest absolute Gasteiger partial charge is 0.243 e. The normalized spacial score (nSPS) is 26.4. The summed E-state index contributed by atoms with van der Waals surface area (Å²) in [5.41, 5.74) is 0.939.